The molecule has 1 saturated carbocycles. The van der Waals surface area contributed by atoms with Crippen molar-refractivity contribution in [2.45, 2.75) is 45.1 Å². The predicted molar refractivity (Wildman–Crippen MR) is 108 cm³/mol. The number of hydrogen-bond acceptors (Lipinski definition) is 6. The first-order valence-electron chi connectivity index (χ1n) is 10.4. The Labute approximate surface area is 175 Å². The van der Waals surface area contributed by atoms with Crippen LogP contribution in [0.4, 0.5) is 0 Å². The number of nitrogens with one attached hydrogen (secondary N) is 1. The van der Waals surface area contributed by atoms with Gasteiger partial charge in [0.2, 0.25) is 0 Å². The zero-order valence-corrected chi connectivity index (χ0v) is 17.4. The number of benzene rings is 1. The van der Waals surface area contributed by atoms with Gasteiger partial charge in [0.25, 0.3) is 17.7 Å². The van der Waals surface area contributed by atoms with E-state index in [1.165, 1.54) is 24.6 Å². The molecule has 3 amide bonds. The number of carbonyl (C=O) groups is 4. The SMILES string of the molecule is COCCCN1C(=O)c2ccc(C(=O)OCC(=O)NC3CCCCC3C)cc2C1=O. The van der Waals surface area contributed by atoms with Crippen molar-refractivity contribution < 1.29 is 28.7 Å². The summed E-state index contributed by atoms with van der Waals surface area (Å²) in [7, 11) is 1.55. The van der Waals surface area contributed by atoms with Gasteiger partial charge in [-0.2, -0.15) is 0 Å². The summed E-state index contributed by atoms with van der Waals surface area (Å²) in [5.74, 6) is -1.45. The Morgan fingerprint density at radius 1 is 1.13 bits per heavy atom. The summed E-state index contributed by atoms with van der Waals surface area (Å²) < 4.78 is 10.1. The highest BCUT2D eigenvalue weighted by Gasteiger charge is 2.35. The van der Waals surface area contributed by atoms with Crippen LogP contribution in [-0.2, 0) is 14.3 Å². The first kappa shape index (κ1) is 22.0. The van der Waals surface area contributed by atoms with Crippen LogP contribution in [0, 0.1) is 5.92 Å². The zero-order valence-electron chi connectivity index (χ0n) is 17.4. The van der Waals surface area contributed by atoms with E-state index in [4.69, 9.17) is 9.47 Å². The van der Waals surface area contributed by atoms with E-state index in [1.54, 1.807) is 7.11 Å². The smallest absolute Gasteiger partial charge is 0.338 e. The Morgan fingerprint density at radius 3 is 2.60 bits per heavy atom. The van der Waals surface area contributed by atoms with Crippen molar-refractivity contribution in [1.29, 1.82) is 0 Å². The molecule has 162 valence electrons. The number of fused-ring (bicyclic) bond motifs is 1. The van der Waals surface area contributed by atoms with E-state index in [9.17, 15) is 19.2 Å². The standard InChI is InChI=1S/C22H28N2O6/c1-14-6-3-4-7-18(14)23-19(25)13-30-22(28)15-8-9-16-17(12-15)21(27)24(20(16)26)10-5-11-29-2/h8-9,12,14,18H,3-7,10-11,13H2,1-2H3,(H,23,25). The topological polar surface area (TPSA) is 102 Å². The normalized spacial score (nSPS) is 20.8. The van der Waals surface area contributed by atoms with Gasteiger partial charge in [-0.15, -0.1) is 0 Å². The second-order valence-electron chi connectivity index (χ2n) is 7.88. The van der Waals surface area contributed by atoms with Crippen molar-refractivity contribution >= 4 is 23.7 Å². The van der Waals surface area contributed by atoms with Crippen LogP contribution in [0.5, 0.6) is 0 Å². The first-order valence-corrected chi connectivity index (χ1v) is 10.4. The predicted octanol–water partition coefficient (Wildman–Crippen LogP) is 2.17. The molecule has 2 aliphatic rings. The van der Waals surface area contributed by atoms with Crippen LogP contribution >= 0.6 is 0 Å². The summed E-state index contributed by atoms with van der Waals surface area (Å²) in [5, 5.41) is 2.93. The molecule has 3 rings (SSSR count). The molecule has 1 aromatic carbocycles. The Morgan fingerprint density at radius 2 is 1.87 bits per heavy atom. The summed E-state index contributed by atoms with van der Waals surface area (Å²) in [6.45, 7) is 2.42. The molecule has 0 bridgehead atoms. The quantitative estimate of drug-likeness (QED) is 0.396. The minimum absolute atomic E-state index is 0.109. The van der Waals surface area contributed by atoms with Gasteiger partial charge < -0.3 is 14.8 Å². The maximum absolute atomic E-state index is 12.5. The largest absolute Gasteiger partial charge is 0.452 e. The van der Waals surface area contributed by atoms with Crippen molar-refractivity contribution in [3.05, 3.63) is 34.9 Å². The molecule has 1 aliphatic heterocycles. The number of ether oxygens (including phenoxy) is 2. The molecular weight excluding hydrogens is 388 g/mol. The molecule has 1 aliphatic carbocycles. The monoisotopic (exact) mass is 416 g/mol. The maximum Gasteiger partial charge on any atom is 0.338 e. The fourth-order valence-electron chi connectivity index (χ4n) is 3.98. The maximum atomic E-state index is 12.5. The number of amides is 3. The van der Waals surface area contributed by atoms with Crippen molar-refractivity contribution in [3.63, 3.8) is 0 Å². The summed E-state index contributed by atoms with van der Waals surface area (Å²) in [6.07, 6.45) is 4.80. The highest BCUT2D eigenvalue weighted by molar-refractivity contribution is 6.21. The van der Waals surface area contributed by atoms with Crippen LogP contribution in [0.25, 0.3) is 0 Å². The van der Waals surface area contributed by atoms with E-state index in [0.717, 1.165) is 24.2 Å². The molecular formula is C22H28N2O6. The molecule has 0 aromatic heterocycles. The number of imide groups is 1. The van der Waals surface area contributed by atoms with E-state index in [2.05, 4.69) is 12.2 Å². The lowest BCUT2D eigenvalue weighted by Crippen LogP contribution is -2.42. The third-order valence-corrected chi connectivity index (χ3v) is 5.73. The van der Waals surface area contributed by atoms with Gasteiger partial charge in [-0.05, 0) is 43.4 Å². The lowest BCUT2D eigenvalue weighted by Gasteiger charge is -2.29. The third kappa shape index (κ3) is 4.87. The minimum Gasteiger partial charge on any atom is -0.452 e. The minimum atomic E-state index is -0.706. The van der Waals surface area contributed by atoms with Gasteiger partial charge in [0.1, 0.15) is 0 Å². The van der Waals surface area contributed by atoms with Crippen LogP contribution < -0.4 is 5.32 Å². The second-order valence-corrected chi connectivity index (χ2v) is 7.88. The molecule has 8 heteroatoms. The highest BCUT2D eigenvalue weighted by atomic mass is 16.5. The van der Waals surface area contributed by atoms with Gasteiger partial charge in [0.15, 0.2) is 6.61 Å². The number of carbonyl (C=O) groups excluding carboxylic acids is 4. The van der Waals surface area contributed by atoms with Gasteiger partial charge in [0.05, 0.1) is 16.7 Å². The summed E-state index contributed by atoms with van der Waals surface area (Å²) in [4.78, 5) is 50.6. The van der Waals surface area contributed by atoms with Crippen LogP contribution in [0.15, 0.2) is 18.2 Å². The van der Waals surface area contributed by atoms with Crippen molar-refractivity contribution in [1.82, 2.24) is 10.2 Å². The Balaban J connectivity index is 1.57. The van der Waals surface area contributed by atoms with Crippen LogP contribution in [0.3, 0.4) is 0 Å². The average molecular weight is 416 g/mol. The third-order valence-electron chi connectivity index (χ3n) is 5.73. The number of rotatable bonds is 8. The van der Waals surface area contributed by atoms with Gasteiger partial charge in [0, 0.05) is 26.3 Å². The van der Waals surface area contributed by atoms with Crippen LogP contribution in [0.2, 0.25) is 0 Å². The van der Waals surface area contributed by atoms with E-state index in [1.807, 2.05) is 0 Å². The molecule has 1 fully saturated rings. The molecule has 1 aromatic rings. The summed E-state index contributed by atoms with van der Waals surface area (Å²) in [5.41, 5.74) is 0.567. The summed E-state index contributed by atoms with van der Waals surface area (Å²) >= 11 is 0. The van der Waals surface area contributed by atoms with Gasteiger partial charge in [-0.25, -0.2) is 4.79 Å². The molecule has 0 spiro atoms. The average Bonchev–Trinajstić information content (AvgIpc) is 2.98. The van der Waals surface area contributed by atoms with Crippen LogP contribution in [-0.4, -0.2) is 61.5 Å². The number of nitrogens with zero attached hydrogens (tertiary/aromatic N) is 1. The Kier molecular flexibility index (Phi) is 7.20. The molecule has 2 unspecified atom stereocenters. The molecule has 8 nitrogen and oxygen atoms in total. The van der Waals surface area contributed by atoms with Crippen molar-refractivity contribution in [2.75, 3.05) is 26.9 Å². The van der Waals surface area contributed by atoms with Crippen LogP contribution in [0.1, 0.15) is 70.1 Å². The van der Waals surface area contributed by atoms with Gasteiger partial charge in [-0.1, -0.05) is 19.8 Å². The summed E-state index contributed by atoms with van der Waals surface area (Å²) in [6, 6.07) is 4.35. The Bertz CT molecular complexity index is 837. The molecule has 2 atom stereocenters. The van der Waals surface area contributed by atoms with E-state index >= 15 is 0 Å². The lowest BCUT2D eigenvalue weighted by molar-refractivity contribution is -0.125. The van der Waals surface area contributed by atoms with E-state index < -0.39 is 11.9 Å². The second kappa shape index (κ2) is 9.84. The van der Waals surface area contributed by atoms with Crippen molar-refractivity contribution in [2.24, 2.45) is 5.92 Å². The fourth-order valence-corrected chi connectivity index (χ4v) is 3.98. The van der Waals surface area contributed by atoms with E-state index in [0.29, 0.717) is 18.9 Å². The van der Waals surface area contributed by atoms with E-state index in [-0.39, 0.29) is 47.7 Å². The lowest BCUT2D eigenvalue weighted by atomic mass is 9.86. The number of methoxy groups -OCH3 is 1. The molecule has 0 radical (unpaired) electrons. The number of esters is 1. The fraction of sp³-hybridized carbons (Fsp3) is 0.545. The highest BCUT2D eigenvalue weighted by Crippen LogP contribution is 2.25. The first-order chi connectivity index (χ1) is 14.4. The molecule has 1 N–H and O–H groups in total. The van der Waals surface area contributed by atoms with Gasteiger partial charge in [-0.3, -0.25) is 19.3 Å². The molecule has 30 heavy (non-hydrogen) atoms. The molecule has 1 heterocycles. The Hall–Kier alpha value is -2.74. The number of hydrogen-bond donors (Lipinski definition) is 1. The zero-order chi connectivity index (χ0) is 21.7. The van der Waals surface area contributed by atoms with Crippen molar-refractivity contribution in [3.8, 4) is 0 Å². The van der Waals surface area contributed by atoms with Gasteiger partial charge >= 0.3 is 5.97 Å². The molecule has 0 saturated heterocycles.